The number of hydrogen-bond acceptors (Lipinski definition) is 5. The minimum atomic E-state index is -0.186. The van der Waals surface area contributed by atoms with Crippen LogP contribution in [0, 0.1) is 0 Å². The Hall–Kier alpha value is -6.01. The molecule has 0 saturated carbocycles. The molecule has 0 radical (unpaired) electrons. The van der Waals surface area contributed by atoms with Gasteiger partial charge in [-0.1, -0.05) is 111 Å². The van der Waals surface area contributed by atoms with E-state index in [9.17, 15) is 0 Å². The van der Waals surface area contributed by atoms with Crippen LogP contribution in [0.15, 0.2) is 134 Å². The normalized spacial score (nSPS) is 13.2. The number of para-hydroxylation sites is 1. The maximum Gasteiger partial charge on any atom is 0.164 e. The van der Waals surface area contributed by atoms with E-state index in [1.807, 2.05) is 66.9 Å². The summed E-state index contributed by atoms with van der Waals surface area (Å²) in [5.74, 6) is 1.92. The smallest absolute Gasteiger partial charge is 0.164 e. The lowest BCUT2D eigenvalue weighted by atomic mass is 9.83. The van der Waals surface area contributed by atoms with Crippen LogP contribution in [0.3, 0.4) is 0 Å². The molecule has 0 aliphatic heterocycles. The number of hydrogen-bond donors (Lipinski definition) is 0. The van der Waals surface area contributed by atoms with Crippen molar-refractivity contribution in [3.8, 4) is 51.1 Å². The molecular weight excluding hydrogens is 564 g/mol. The zero-order valence-electron chi connectivity index (χ0n) is 25.4. The second-order valence-corrected chi connectivity index (χ2v) is 12.2. The first-order chi connectivity index (χ1) is 22.6. The van der Waals surface area contributed by atoms with Crippen LogP contribution >= 0.6 is 0 Å². The number of fused-ring (bicyclic) bond motifs is 7. The van der Waals surface area contributed by atoms with E-state index in [-0.39, 0.29) is 5.41 Å². The first-order valence-corrected chi connectivity index (χ1v) is 15.4. The van der Waals surface area contributed by atoms with E-state index in [0.29, 0.717) is 17.5 Å². The van der Waals surface area contributed by atoms with E-state index < -0.39 is 0 Å². The predicted molar refractivity (Wildman–Crippen MR) is 184 cm³/mol. The monoisotopic (exact) mass is 592 g/mol. The molecule has 46 heavy (non-hydrogen) atoms. The fourth-order valence-corrected chi connectivity index (χ4v) is 6.96. The van der Waals surface area contributed by atoms with Crippen LogP contribution in [0.2, 0.25) is 0 Å². The molecule has 6 heteroatoms. The van der Waals surface area contributed by atoms with Gasteiger partial charge in [0.2, 0.25) is 0 Å². The Balaban J connectivity index is 1.27. The van der Waals surface area contributed by atoms with Crippen molar-refractivity contribution in [2.75, 3.05) is 0 Å². The fraction of sp³-hybridized carbons (Fsp3) is 0.0750. The Labute approximate surface area is 266 Å². The molecule has 0 amide bonds. The SMILES string of the molecule is CC1(C)c2cncnc2-c2c1ccc1c2c2ccccc2n1-c1cccc(-c2nc(-c3ccccc3)nc(-c3ccccc3)n2)c1. The van der Waals surface area contributed by atoms with Gasteiger partial charge in [0.25, 0.3) is 0 Å². The summed E-state index contributed by atoms with van der Waals surface area (Å²) >= 11 is 0. The largest absolute Gasteiger partial charge is 0.309 e. The molecule has 218 valence electrons. The van der Waals surface area contributed by atoms with Crippen LogP contribution in [0.4, 0.5) is 0 Å². The third kappa shape index (κ3) is 3.93. The van der Waals surface area contributed by atoms with Gasteiger partial charge in [0, 0.05) is 55.9 Å². The Bertz CT molecular complexity index is 2390. The molecule has 8 aromatic rings. The quantitative estimate of drug-likeness (QED) is 0.204. The van der Waals surface area contributed by atoms with E-state index >= 15 is 0 Å². The van der Waals surface area contributed by atoms with Crippen molar-refractivity contribution in [3.05, 3.63) is 145 Å². The first kappa shape index (κ1) is 26.4. The lowest BCUT2D eigenvalue weighted by Crippen LogP contribution is -2.15. The van der Waals surface area contributed by atoms with Crippen LogP contribution in [-0.4, -0.2) is 29.5 Å². The van der Waals surface area contributed by atoms with Crippen LogP contribution in [-0.2, 0) is 5.41 Å². The van der Waals surface area contributed by atoms with Crippen molar-refractivity contribution >= 4 is 21.8 Å². The zero-order chi connectivity index (χ0) is 30.8. The standard InChI is InChI=1S/C40H28N6/c1-40(2)30-20-21-33-34(35(30)36-31(40)23-41-24-42-36)29-18-9-10-19-32(29)46(33)28-17-11-16-27(22-28)39-44-37(25-12-5-3-6-13-25)43-38(45-39)26-14-7-4-8-15-26/h3-24H,1-2H3. The Morgan fingerprint density at radius 2 is 1.20 bits per heavy atom. The molecular formula is C40H28N6. The molecule has 0 fully saturated rings. The molecule has 0 N–H and O–H groups in total. The van der Waals surface area contributed by atoms with Crippen molar-refractivity contribution in [1.82, 2.24) is 29.5 Å². The summed E-state index contributed by atoms with van der Waals surface area (Å²) < 4.78 is 2.35. The van der Waals surface area contributed by atoms with E-state index in [1.165, 1.54) is 21.9 Å². The average molecular weight is 593 g/mol. The number of benzene rings is 5. The minimum absolute atomic E-state index is 0.186. The second kappa shape index (κ2) is 10.0. The predicted octanol–water partition coefficient (Wildman–Crippen LogP) is 9.07. The highest BCUT2D eigenvalue weighted by atomic mass is 15.0. The molecule has 6 nitrogen and oxygen atoms in total. The highest BCUT2D eigenvalue weighted by Gasteiger charge is 2.38. The van der Waals surface area contributed by atoms with Crippen molar-refractivity contribution in [3.63, 3.8) is 0 Å². The molecule has 1 aliphatic rings. The van der Waals surface area contributed by atoms with Gasteiger partial charge in [-0.2, -0.15) is 0 Å². The molecule has 0 saturated heterocycles. The second-order valence-electron chi connectivity index (χ2n) is 12.2. The molecule has 3 heterocycles. The highest BCUT2D eigenvalue weighted by molar-refractivity contribution is 6.17. The lowest BCUT2D eigenvalue weighted by molar-refractivity contribution is 0.655. The van der Waals surface area contributed by atoms with Gasteiger partial charge < -0.3 is 4.57 Å². The Morgan fingerprint density at radius 3 is 1.91 bits per heavy atom. The Kier molecular flexibility index (Phi) is 5.74. The topological polar surface area (TPSA) is 69.4 Å². The van der Waals surface area contributed by atoms with Gasteiger partial charge in [-0.15, -0.1) is 0 Å². The summed E-state index contributed by atoms with van der Waals surface area (Å²) in [6.45, 7) is 4.52. The molecule has 0 spiro atoms. The number of aromatic nitrogens is 6. The van der Waals surface area contributed by atoms with Crippen molar-refractivity contribution in [2.24, 2.45) is 0 Å². The zero-order valence-corrected chi connectivity index (χ0v) is 25.4. The summed E-state index contributed by atoms with van der Waals surface area (Å²) in [5.41, 5.74) is 10.6. The molecule has 0 unspecified atom stereocenters. The van der Waals surface area contributed by atoms with Gasteiger partial charge in [-0.25, -0.2) is 24.9 Å². The van der Waals surface area contributed by atoms with E-state index in [1.54, 1.807) is 6.33 Å². The lowest BCUT2D eigenvalue weighted by Gasteiger charge is -2.20. The Morgan fingerprint density at radius 1 is 0.565 bits per heavy atom. The van der Waals surface area contributed by atoms with Crippen LogP contribution in [0.1, 0.15) is 25.0 Å². The molecule has 5 aromatic carbocycles. The van der Waals surface area contributed by atoms with Gasteiger partial charge in [0.15, 0.2) is 17.5 Å². The first-order valence-electron chi connectivity index (χ1n) is 15.4. The maximum atomic E-state index is 4.99. The maximum absolute atomic E-state index is 4.99. The summed E-state index contributed by atoms with van der Waals surface area (Å²) in [5, 5.41) is 2.40. The molecule has 3 aromatic heterocycles. The summed E-state index contributed by atoms with van der Waals surface area (Å²) in [6.07, 6.45) is 3.63. The van der Waals surface area contributed by atoms with Crippen molar-refractivity contribution in [1.29, 1.82) is 0 Å². The van der Waals surface area contributed by atoms with Crippen molar-refractivity contribution < 1.29 is 0 Å². The molecule has 0 bridgehead atoms. The van der Waals surface area contributed by atoms with E-state index in [4.69, 9.17) is 19.9 Å². The molecule has 9 rings (SSSR count). The van der Waals surface area contributed by atoms with Crippen LogP contribution < -0.4 is 0 Å². The highest BCUT2D eigenvalue weighted by Crippen LogP contribution is 2.52. The van der Waals surface area contributed by atoms with Gasteiger partial charge in [0.05, 0.1) is 16.7 Å². The minimum Gasteiger partial charge on any atom is -0.309 e. The average Bonchev–Trinajstić information content (AvgIpc) is 3.58. The fourth-order valence-electron chi connectivity index (χ4n) is 6.96. The van der Waals surface area contributed by atoms with Crippen LogP contribution in [0.25, 0.3) is 72.9 Å². The van der Waals surface area contributed by atoms with Crippen molar-refractivity contribution in [2.45, 2.75) is 19.3 Å². The van der Waals surface area contributed by atoms with E-state index in [0.717, 1.165) is 44.7 Å². The number of nitrogens with zero attached hydrogens (tertiary/aromatic N) is 6. The molecule has 0 atom stereocenters. The van der Waals surface area contributed by atoms with Gasteiger partial charge in [-0.05, 0) is 29.8 Å². The third-order valence-electron chi connectivity index (χ3n) is 9.20. The summed E-state index contributed by atoms with van der Waals surface area (Å²) in [7, 11) is 0. The van der Waals surface area contributed by atoms with E-state index in [2.05, 4.69) is 84.1 Å². The van der Waals surface area contributed by atoms with Crippen LogP contribution in [0.5, 0.6) is 0 Å². The van der Waals surface area contributed by atoms with Gasteiger partial charge in [0.1, 0.15) is 6.33 Å². The number of rotatable bonds is 4. The third-order valence-corrected chi connectivity index (χ3v) is 9.20. The summed E-state index contributed by atoms with van der Waals surface area (Å²) in [6, 6.07) is 41.8. The summed E-state index contributed by atoms with van der Waals surface area (Å²) in [4.78, 5) is 24.1. The molecule has 1 aliphatic carbocycles. The van der Waals surface area contributed by atoms with Gasteiger partial charge >= 0.3 is 0 Å². The van der Waals surface area contributed by atoms with Gasteiger partial charge in [-0.3, -0.25) is 0 Å².